The van der Waals surface area contributed by atoms with E-state index in [1.165, 1.54) is 12.5 Å². The van der Waals surface area contributed by atoms with E-state index in [9.17, 15) is 0 Å². The fourth-order valence-corrected chi connectivity index (χ4v) is 10.6. The van der Waals surface area contributed by atoms with Gasteiger partial charge < -0.3 is 47.4 Å². The van der Waals surface area contributed by atoms with Crippen LogP contribution in [-0.4, -0.2) is 99.0 Å². The van der Waals surface area contributed by atoms with E-state index in [0.29, 0.717) is 13.2 Å². The van der Waals surface area contributed by atoms with Gasteiger partial charge >= 0.3 is 0 Å². The van der Waals surface area contributed by atoms with Crippen molar-refractivity contribution in [2.45, 2.75) is 121 Å². The van der Waals surface area contributed by atoms with Gasteiger partial charge in [0.15, 0.2) is 34.6 Å². The van der Waals surface area contributed by atoms with Crippen LogP contribution in [0.5, 0.6) is 0 Å². The third-order valence-corrected chi connectivity index (χ3v) is 12.0. The van der Waals surface area contributed by atoms with Crippen molar-refractivity contribution in [1.82, 2.24) is 0 Å². The van der Waals surface area contributed by atoms with Crippen LogP contribution in [0.2, 0.25) is 0 Å². The molecule has 10 heteroatoms. The molecule has 57 heavy (non-hydrogen) atoms. The molecule has 2 aromatic rings. The second-order valence-electron chi connectivity index (χ2n) is 14.4. The van der Waals surface area contributed by atoms with Crippen LogP contribution < -0.4 is 0 Å². The molecule has 0 saturated heterocycles. The highest BCUT2D eigenvalue weighted by molar-refractivity contribution is 5.85. The van der Waals surface area contributed by atoms with Crippen molar-refractivity contribution in [2.75, 3.05) is 52.9 Å². The van der Waals surface area contributed by atoms with Gasteiger partial charge in [-0.15, -0.1) is 0 Å². The lowest BCUT2D eigenvalue weighted by atomic mass is 9.46. The Labute approximate surface area is 341 Å². The van der Waals surface area contributed by atoms with Crippen LogP contribution in [0.1, 0.15) is 80.4 Å². The summed E-state index contributed by atoms with van der Waals surface area (Å²) in [6, 6.07) is 16.7. The summed E-state index contributed by atoms with van der Waals surface area (Å²) in [7, 11) is 0. The topological polar surface area (TPSA) is 92.3 Å². The highest BCUT2D eigenvalue weighted by atomic mass is 16.8. The van der Waals surface area contributed by atoms with E-state index >= 15 is 0 Å². The minimum absolute atomic E-state index is 0.219. The fourth-order valence-electron chi connectivity index (χ4n) is 10.6. The van der Waals surface area contributed by atoms with Crippen molar-refractivity contribution in [3.05, 3.63) is 110 Å². The van der Waals surface area contributed by atoms with Gasteiger partial charge in [-0.3, -0.25) is 0 Å². The molecule has 6 atom stereocenters. The van der Waals surface area contributed by atoms with Crippen LogP contribution in [-0.2, 0) is 52.8 Å². The molecule has 0 amide bonds. The molecule has 314 valence electrons. The minimum atomic E-state index is -1.78. The van der Waals surface area contributed by atoms with Gasteiger partial charge in [0.2, 0.25) is 11.6 Å². The molecule has 0 fully saturated rings. The maximum Gasteiger partial charge on any atom is 0.236 e. The van der Waals surface area contributed by atoms with Crippen LogP contribution in [0, 0.1) is 0 Å². The van der Waals surface area contributed by atoms with Crippen molar-refractivity contribution in [1.29, 1.82) is 0 Å². The molecular weight excluding hydrogens is 725 g/mol. The normalized spacial score (nSPS) is 30.4. The number of hydrogen-bond donors (Lipinski definition) is 0. The third kappa shape index (κ3) is 5.96. The SMILES string of the molecule is C=COC1C=CC(OCC)(C2(C3(OCC)C=CC(OC=C)C(C)(OCC)C3(OCC)OCC)c3ccccc3-c3ccccc32)C(OCC)(OCC)C1(C)OCC. The molecule has 3 aliphatic carbocycles. The number of benzene rings is 2. The zero-order chi connectivity index (χ0) is 41.6. The Balaban J connectivity index is 2.24. The minimum Gasteiger partial charge on any atom is -0.491 e. The van der Waals surface area contributed by atoms with E-state index in [0.717, 1.165) is 22.3 Å². The molecule has 0 heterocycles. The summed E-state index contributed by atoms with van der Waals surface area (Å²) in [5.41, 5.74) is -3.92. The molecule has 0 aromatic heterocycles. The molecular formula is C47H66O10. The van der Waals surface area contributed by atoms with Crippen molar-refractivity contribution in [3.8, 4) is 11.1 Å². The maximum absolute atomic E-state index is 7.63. The van der Waals surface area contributed by atoms with E-state index in [1.54, 1.807) is 0 Å². The lowest BCUT2D eigenvalue weighted by Gasteiger charge is -2.71. The Kier molecular flexibility index (Phi) is 14.1. The van der Waals surface area contributed by atoms with Gasteiger partial charge in [0.05, 0.1) is 17.9 Å². The van der Waals surface area contributed by atoms with Gasteiger partial charge in [0.1, 0.15) is 0 Å². The zero-order valence-electron chi connectivity index (χ0n) is 35.9. The first-order chi connectivity index (χ1) is 27.5. The Bertz CT molecular complexity index is 1600. The Hall–Kier alpha value is -3.32. The summed E-state index contributed by atoms with van der Waals surface area (Å²) in [5.74, 6) is -3.55. The molecule has 0 saturated carbocycles. The quantitative estimate of drug-likeness (QED) is 0.0655. The first-order valence-electron chi connectivity index (χ1n) is 20.8. The van der Waals surface area contributed by atoms with Gasteiger partial charge in [-0.1, -0.05) is 61.7 Å². The standard InChI is InChI=1S/C47H66O10/c1-13-48-39-31-33-43(52-17-5,46(54-19-7,55-20-8)41(39,11)50-15-3)45(37-29-25-23-27-35(37)36-28-24-26-30-38(36)45)44(53-18-6)34-32-40(49-14-2)42(12,51-16-4)47(44,56-21-9)57-22-10/h13-14,23-34,39-40H,1-2,15-22H2,3-12H3. The van der Waals surface area contributed by atoms with Crippen molar-refractivity contribution >= 4 is 0 Å². The second kappa shape index (κ2) is 17.9. The summed E-state index contributed by atoms with van der Waals surface area (Å²) in [6.07, 6.45) is 9.44. The van der Waals surface area contributed by atoms with Crippen LogP contribution in [0.15, 0.2) is 98.5 Å². The highest BCUT2D eigenvalue weighted by Gasteiger charge is 2.87. The predicted molar refractivity (Wildman–Crippen MR) is 222 cm³/mol. The van der Waals surface area contributed by atoms with E-state index in [-0.39, 0.29) is 39.6 Å². The summed E-state index contributed by atoms with van der Waals surface area (Å²) >= 11 is 0. The summed E-state index contributed by atoms with van der Waals surface area (Å²) < 4.78 is 71.0. The Morgan fingerprint density at radius 3 is 1.09 bits per heavy atom. The molecule has 3 aliphatic rings. The van der Waals surface area contributed by atoms with Gasteiger partial charge in [-0.2, -0.15) is 0 Å². The third-order valence-electron chi connectivity index (χ3n) is 12.0. The number of hydrogen-bond acceptors (Lipinski definition) is 10. The summed E-state index contributed by atoms with van der Waals surface area (Å²) in [5, 5.41) is 0. The van der Waals surface area contributed by atoms with Crippen LogP contribution >= 0.6 is 0 Å². The molecule has 10 nitrogen and oxygen atoms in total. The molecule has 0 N–H and O–H groups in total. The highest BCUT2D eigenvalue weighted by Crippen LogP contribution is 2.72. The second-order valence-corrected chi connectivity index (χ2v) is 14.4. The number of ether oxygens (including phenoxy) is 10. The van der Waals surface area contributed by atoms with E-state index < -0.39 is 51.6 Å². The fraction of sp³-hybridized carbons (Fsp3) is 0.574. The molecule has 5 rings (SSSR count). The van der Waals surface area contributed by atoms with Crippen LogP contribution in [0.3, 0.4) is 0 Å². The molecule has 0 spiro atoms. The lowest BCUT2D eigenvalue weighted by molar-refractivity contribution is -0.443. The molecule has 0 bridgehead atoms. The number of fused-ring (bicyclic) bond motifs is 3. The average molecular weight is 791 g/mol. The lowest BCUT2D eigenvalue weighted by Crippen LogP contribution is -2.89. The van der Waals surface area contributed by atoms with Gasteiger partial charge in [-0.05, 0) is 116 Å². The monoisotopic (exact) mass is 790 g/mol. The average Bonchev–Trinajstić information content (AvgIpc) is 3.50. The molecule has 0 aliphatic heterocycles. The van der Waals surface area contributed by atoms with Crippen LogP contribution in [0.4, 0.5) is 0 Å². The van der Waals surface area contributed by atoms with Crippen molar-refractivity contribution in [2.24, 2.45) is 0 Å². The Morgan fingerprint density at radius 2 is 0.789 bits per heavy atom. The zero-order valence-corrected chi connectivity index (χ0v) is 35.9. The smallest absolute Gasteiger partial charge is 0.236 e. The van der Waals surface area contributed by atoms with Gasteiger partial charge in [0, 0.05) is 52.9 Å². The first kappa shape index (κ1) is 44.8. The Morgan fingerprint density at radius 1 is 0.474 bits per heavy atom. The van der Waals surface area contributed by atoms with E-state index in [4.69, 9.17) is 47.4 Å². The molecule has 0 radical (unpaired) electrons. The van der Waals surface area contributed by atoms with Gasteiger partial charge in [0.25, 0.3) is 0 Å². The first-order valence-corrected chi connectivity index (χ1v) is 20.8. The molecule has 6 unspecified atom stereocenters. The van der Waals surface area contributed by atoms with Gasteiger partial charge in [-0.25, -0.2) is 0 Å². The maximum atomic E-state index is 7.63. The van der Waals surface area contributed by atoms with Crippen LogP contribution in [0.25, 0.3) is 11.1 Å². The summed E-state index contributed by atoms with van der Waals surface area (Å²) in [6.45, 7) is 29.4. The van der Waals surface area contributed by atoms with E-state index in [2.05, 4.69) is 37.4 Å². The predicted octanol–water partition coefficient (Wildman–Crippen LogP) is 8.83. The number of rotatable bonds is 22. The largest absolute Gasteiger partial charge is 0.491 e. The molecule has 2 aromatic carbocycles. The van der Waals surface area contributed by atoms with Crippen molar-refractivity contribution < 1.29 is 47.4 Å². The summed E-state index contributed by atoms with van der Waals surface area (Å²) in [4.78, 5) is 0. The van der Waals surface area contributed by atoms with Crippen molar-refractivity contribution in [3.63, 3.8) is 0 Å². The van der Waals surface area contributed by atoms with E-state index in [1.807, 2.05) is 118 Å².